The van der Waals surface area contributed by atoms with Crippen molar-refractivity contribution in [1.82, 2.24) is 39.5 Å². The van der Waals surface area contributed by atoms with E-state index in [0.29, 0.717) is 23.5 Å². The Hall–Kier alpha value is -5.34. The fraction of sp³-hybridized carbons (Fsp3) is 0.250. The van der Waals surface area contributed by atoms with E-state index in [-0.39, 0.29) is 23.2 Å². The maximum atomic E-state index is 16.1. The van der Waals surface area contributed by atoms with E-state index in [1.807, 2.05) is 4.68 Å². The van der Waals surface area contributed by atoms with Gasteiger partial charge in [-0.3, -0.25) is 9.36 Å². The third-order valence-electron chi connectivity index (χ3n) is 7.08. The highest BCUT2D eigenvalue weighted by molar-refractivity contribution is 5.94. The first-order valence-electron chi connectivity index (χ1n) is 13.5. The minimum Gasteiger partial charge on any atom is -0.465 e. The fourth-order valence-electron chi connectivity index (χ4n) is 4.63. The molecule has 0 atom stereocenters. The van der Waals surface area contributed by atoms with Crippen LogP contribution in [0.3, 0.4) is 0 Å². The van der Waals surface area contributed by atoms with Crippen LogP contribution in [0.5, 0.6) is 0 Å². The molecule has 12 nitrogen and oxygen atoms in total. The quantitative estimate of drug-likeness (QED) is 0.217. The van der Waals surface area contributed by atoms with E-state index in [0.717, 1.165) is 51.3 Å². The summed E-state index contributed by atoms with van der Waals surface area (Å²) in [6.07, 6.45) is 12.6. The lowest BCUT2D eigenvalue weighted by molar-refractivity contribution is 0.0595. The van der Waals surface area contributed by atoms with E-state index in [1.54, 1.807) is 29.5 Å². The molecule has 2 saturated carbocycles. The number of halogens is 3. The summed E-state index contributed by atoms with van der Waals surface area (Å²) in [7, 11) is 1.08. The van der Waals surface area contributed by atoms with Crippen molar-refractivity contribution >= 4 is 29.2 Å². The monoisotopic (exact) mass is 588 g/mol. The summed E-state index contributed by atoms with van der Waals surface area (Å²) in [4.78, 5) is 28.8. The van der Waals surface area contributed by atoms with E-state index in [4.69, 9.17) is 4.74 Å². The van der Waals surface area contributed by atoms with Gasteiger partial charge in [-0.25, -0.2) is 37.9 Å². The molecule has 15 heteroatoms. The second kappa shape index (κ2) is 10.5. The number of nitrogens with zero attached hydrogens (tertiary/aromatic N) is 8. The molecule has 2 aliphatic carbocycles. The number of ether oxygens (including phenoxy) is 1. The first-order valence-corrected chi connectivity index (χ1v) is 13.5. The minimum atomic E-state index is -1.17. The Morgan fingerprint density at radius 3 is 1.88 bits per heavy atom. The van der Waals surface area contributed by atoms with Gasteiger partial charge in [0, 0.05) is 23.5 Å². The number of hydrogen-bond donors (Lipinski definition) is 2. The second-order valence-corrected chi connectivity index (χ2v) is 10.3. The third-order valence-corrected chi connectivity index (χ3v) is 7.08. The van der Waals surface area contributed by atoms with Crippen LogP contribution in [0.4, 0.5) is 36.4 Å². The highest BCUT2D eigenvalue weighted by Crippen LogP contribution is 2.39. The van der Waals surface area contributed by atoms with Crippen LogP contribution >= 0.6 is 0 Å². The molecule has 0 aliphatic heterocycles. The number of hydrogen-bond acceptors (Lipinski definition) is 10. The first-order chi connectivity index (χ1) is 20.9. The maximum absolute atomic E-state index is 16.1. The number of anilines is 4. The Morgan fingerprint density at radius 2 is 1.35 bits per heavy atom. The summed E-state index contributed by atoms with van der Waals surface area (Å²) in [5.74, 6) is -4.18. The van der Waals surface area contributed by atoms with Crippen molar-refractivity contribution in [3.63, 3.8) is 0 Å². The van der Waals surface area contributed by atoms with Crippen LogP contribution in [0.25, 0.3) is 22.5 Å². The predicted molar refractivity (Wildman–Crippen MR) is 147 cm³/mol. The van der Waals surface area contributed by atoms with Crippen LogP contribution in [0.2, 0.25) is 0 Å². The zero-order valence-electron chi connectivity index (χ0n) is 22.6. The van der Waals surface area contributed by atoms with E-state index in [1.165, 1.54) is 6.07 Å². The molecular weight excluding hydrogens is 565 g/mol. The van der Waals surface area contributed by atoms with E-state index in [2.05, 4.69) is 40.8 Å². The Labute approximate surface area is 242 Å². The van der Waals surface area contributed by atoms with Gasteiger partial charge in [0.1, 0.15) is 17.2 Å². The van der Waals surface area contributed by atoms with Gasteiger partial charge in [-0.2, -0.15) is 10.2 Å². The van der Waals surface area contributed by atoms with Crippen molar-refractivity contribution in [2.24, 2.45) is 0 Å². The second-order valence-electron chi connectivity index (χ2n) is 10.3. The van der Waals surface area contributed by atoms with Gasteiger partial charge in [-0.1, -0.05) is 6.07 Å². The van der Waals surface area contributed by atoms with Crippen LogP contribution in [-0.4, -0.2) is 52.6 Å². The molecule has 5 aromatic rings. The topological polar surface area (TPSA) is 138 Å². The van der Waals surface area contributed by atoms with E-state index in [9.17, 15) is 4.79 Å². The highest BCUT2D eigenvalue weighted by atomic mass is 19.1. The smallest absolute Gasteiger partial charge is 0.340 e. The van der Waals surface area contributed by atoms with Crippen LogP contribution in [0.15, 0.2) is 49.3 Å². The molecule has 0 saturated heterocycles. The summed E-state index contributed by atoms with van der Waals surface area (Å²) < 4.78 is 55.0. The highest BCUT2D eigenvalue weighted by Gasteiger charge is 2.28. The molecule has 0 spiro atoms. The lowest BCUT2D eigenvalue weighted by Gasteiger charge is -2.15. The van der Waals surface area contributed by atoms with Crippen LogP contribution < -0.4 is 10.6 Å². The van der Waals surface area contributed by atoms with E-state index >= 15 is 13.2 Å². The molecule has 0 bridgehead atoms. The standard InChI is InChI=1S/C28H23F3N10O2/c1-43-26(42)19-7-6-18(24-20(29)10-32-27(38-24)36-14-8-34-40(12-14)16-2-3-16)22(23(19)31)25-21(30)11-33-28(39-25)37-15-9-35-41(13-15)17-4-5-17/h6-13,16-17H,2-5H2,1H3,(H,32,36,38)(H,33,37,39). The zero-order chi connectivity index (χ0) is 29.7. The van der Waals surface area contributed by atoms with Gasteiger partial charge in [-0.05, 0) is 31.7 Å². The first kappa shape index (κ1) is 26.6. The summed E-state index contributed by atoms with van der Waals surface area (Å²) in [6.45, 7) is 0. The van der Waals surface area contributed by atoms with Crippen molar-refractivity contribution in [3.8, 4) is 22.5 Å². The Balaban J connectivity index is 1.30. The largest absolute Gasteiger partial charge is 0.465 e. The van der Waals surface area contributed by atoms with Gasteiger partial charge >= 0.3 is 5.97 Å². The van der Waals surface area contributed by atoms with Crippen molar-refractivity contribution in [3.05, 3.63) is 72.3 Å². The molecule has 1 aromatic carbocycles. The van der Waals surface area contributed by atoms with Gasteiger partial charge < -0.3 is 15.4 Å². The molecule has 2 fully saturated rings. The predicted octanol–water partition coefficient (Wildman–Crippen LogP) is 5.35. The molecule has 4 heterocycles. The van der Waals surface area contributed by atoms with Crippen LogP contribution in [0, 0.1) is 17.5 Å². The minimum absolute atomic E-state index is 0.00617. The number of methoxy groups -OCH3 is 1. The molecule has 218 valence electrons. The van der Waals surface area contributed by atoms with Crippen molar-refractivity contribution in [1.29, 1.82) is 0 Å². The van der Waals surface area contributed by atoms with Gasteiger partial charge in [0.05, 0.1) is 60.9 Å². The molecule has 43 heavy (non-hydrogen) atoms. The number of aromatic nitrogens is 8. The summed E-state index contributed by atoms with van der Waals surface area (Å²) >= 11 is 0. The van der Waals surface area contributed by atoms with Crippen molar-refractivity contribution < 1.29 is 22.7 Å². The Morgan fingerprint density at radius 1 is 0.814 bits per heavy atom. The summed E-state index contributed by atoms with van der Waals surface area (Å²) in [6, 6.07) is 3.03. The van der Waals surface area contributed by atoms with Gasteiger partial charge in [0.15, 0.2) is 11.6 Å². The number of carbonyl (C=O) groups is 1. The molecule has 2 aliphatic rings. The Bertz CT molecular complexity index is 1870. The summed E-state index contributed by atoms with van der Waals surface area (Å²) in [5.41, 5.74) is -0.953. The average molecular weight is 589 g/mol. The number of nitrogens with one attached hydrogen (secondary N) is 2. The van der Waals surface area contributed by atoms with Crippen molar-refractivity contribution in [2.45, 2.75) is 37.8 Å². The van der Waals surface area contributed by atoms with Crippen LogP contribution in [0.1, 0.15) is 48.1 Å². The SMILES string of the molecule is COC(=O)c1ccc(-c2nc(Nc3cnn(C4CC4)c3)ncc2F)c(-c2nc(Nc3cnn(C4CC4)c3)ncc2F)c1F. The number of rotatable bonds is 9. The molecule has 7 rings (SSSR count). The number of esters is 1. The van der Waals surface area contributed by atoms with Gasteiger partial charge in [0.2, 0.25) is 11.9 Å². The van der Waals surface area contributed by atoms with Gasteiger partial charge in [0.25, 0.3) is 0 Å². The fourth-order valence-corrected chi connectivity index (χ4v) is 4.63. The summed E-state index contributed by atoms with van der Waals surface area (Å²) in [5, 5.41) is 14.5. The molecule has 4 aromatic heterocycles. The Kier molecular flexibility index (Phi) is 6.48. The number of benzene rings is 1. The molecule has 2 N–H and O–H groups in total. The normalized spacial score (nSPS) is 14.5. The third kappa shape index (κ3) is 5.24. The zero-order valence-corrected chi connectivity index (χ0v) is 22.6. The molecule has 0 radical (unpaired) electrons. The average Bonchev–Trinajstić information content (AvgIpc) is 3.95. The molecule has 0 unspecified atom stereocenters. The van der Waals surface area contributed by atoms with Gasteiger partial charge in [-0.15, -0.1) is 0 Å². The lowest BCUT2D eigenvalue weighted by Crippen LogP contribution is -2.09. The van der Waals surface area contributed by atoms with Crippen LogP contribution in [-0.2, 0) is 4.74 Å². The van der Waals surface area contributed by atoms with E-state index < -0.39 is 40.2 Å². The van der Waals surface area contributed by atoms with Crippen molar-refractivity contribution in [2.75, 3.05) is 17.7 Å². The molecule has 0 amide bonds. The molecular formula is C28H23F3N10O2. The maximum Gasteiger partial charge on any atom is 0.340 e. The number of carbonyl (C=O) groups excluding carboxylic acids is 1. The lowest BCUT2D eigenvalue weighted by atomic mass is 9.97.